The second-order valence-corrected chi connectivity index (χ2v) is 2.85. The molecule has 2 N–H and O–H groups in total. The largest absolute Gasteiger partial charge is 0.373 e. The lowest BCUT2D eigenvalue weighted by Crippen LogP contribution is -2.18. The van der Waals surface area contributed by atoms with Crippen molar-refractivity contribution in [3.63, 3.8) is 0 Å². The predicted octanol–water partition coefficient (Wildman–Crippen LogP) is -0.812. The summed E-state index contributed by atoms with van der Waals surface area (Å²) >= 11 is 0. The normalized spacial score (nSPS) is 13.2. The highest BCUT2D eigenvalue weighted by molar-refractivity contribution is 7.70. The number of hydrogen-bond acceptors (Lipinski definition) is 4. The minimum atomic E-state index is -2.79. The first-order valence-corrected chi connectivity index (χ1v) is 4.36. The van der Waals surface area contributed by atoms with Gasteiger partial charge in [0.15, 0.2) is 0 Å². The van der Waals surface area contributed by atoms with Gasteiger partial charge in [-0.3, -0.25) is 4.98 Å². The highest BCUT2D eigenvalue weighted by Crippen LogP contribution is 2.05. The van der Waals surface area contributed by atoms with Crippen LogP contribution in [0.25, 0.3) is 0 Å². The SMILES string of the molecule is O=[SH](=O)NC(O)c1cccnc1. The maximum absolute atomic E-state index is 10.1. The molecule has 0 saturated carbocycles. The van der Waals surface area contributed by atoms with Crippen molar-refractivity contribution in [2.24, 2.45) is 0 Å². The number of thiol groups is 1. The Morgan fingerprint density at radius 3 is 2.83 bits per heavy atom. The first-order chi connectivity index (χ1) is 5.70. The van der Waals surface area contributed by atoms with Crippen LogP contribution in [0, 0.1) is 0 Å². The van der Waals surface area contributed by atoms with Crippen molar-refractivity contribution in [2.75, 3.05) is 0 Å². The van der Waals surface area contributed by atoms with Crippen molar-refractivity contribution < 1.29 is 13.5 Å². The number of hydrogen-bond donors (Lipinski definition) is 3. The van der Waals surface area contributed by atoms with Gasteiger partial charge in [0.05, 0.1) is 0 Å². The Kier molecular flexibility index (Phi) is 3.15. The molecular formula is C6H8N2O3S. The van der Waals surface area contributed by atoms with E-state index in [9.17, 15) is 8.42 Å². The molecule has 6 heteroatoms. The summed E-state index contributed by atoms with van der Waals surface area (Å²) in [6, 6.07) is 3.18. The first-order valence-electron chi connectivity index (χ1n) is 3.18. The Bertz CT molecular complexity index is 304. The summed E-state index contributed by atoms with van der Waals surface area (Å²) in [5.41, 5.74) is 0.414. The molecule has 1 heterocycles. The van der Waals surface area contributed by atoms with Crippen molar-refractivity contribution in [3.8, 4) is 0 Å². The van der Waals surface area contributed by atoms with Crippen LogP contribution in [0.15, 0.2) is 24.5 Å². The Hall–Kier alpha value is -0.980. The van der Waals surface area contributed by atoms with Gasteiger partial charge in [-0.2, -0.15) is 4.72 Å². The number of aromatic nitrogens is 1. The lowest BCUT2D eigenvalue weighted by molar-refractivity contribution is 0.167. The predicted molar refractivity (Wildman–Crippen MR) is 42.6 cm³/mol. The van der Waals surface area contributed by atoms with Crippen LogP contribution in [0.4, 0.5) is 0 Å². The zero-order chi connectivity index (χ0) is 8.97. The molecule has 0 aliphatic carbocycles. The number of nitrogens with one attached hydrogen (secondary N) is 1. The van der Waals surface area contributed by atoms with Crippen molar-refractivity contribution in [1.82, 2.24) is 9.71 Å². The van der Waals surface area contributed by atoms with Crippen LogP contribution >= 0.6 is 0 Å². The van der Waals surface area contributed by atoms with Crippen molar-refractivity contribution in [3.05, 3.63) is 30.1 Å². The summed E-state index contributed by atoms with van der Waals surface area (Å²) in [6.45, 7) is 0. The zero-order valence-electron chi connectivity index (χ0n) is 6.04. The highest BCUT2D eigenvalue weighted by Gasteiger charge is 2.05. The number of aliphatic hydroxyl groups is 1. The van der Waals surface area contributed by atoms with Gasteiger partial charge >= 0.3 is 0 Å². The third-order valence-corrected chi connectivity index (χ3v) is 1.68. The number of pyridine rings is 1. The number of nitrogens with zero attached hydrogens (tertiary/aromatic N) is 1. The molecule has 1 unspecified atom stereocenters. The molecule has 0 aromatic carbocycles. The third kappa shape index (κ3) is 2.57. The molecule has 0 amide bonds. The molecular weight excluding hydrogens is 180 g/mol. The van der Waals surface area contributed by atoms with E-state index in [-0.39, 0.29) is 0 Å². The zero-order valence-corrected chi connectivity index (χ0v) is 6.94. The van der Waals surface area contributed by atoms with E-state index in [2.05, 4.69) is 4.98 Å². The van der Waals surface area contributed by atoms with Crippen LogP contribution in [0.1, 0.15) is 11.8 Å². The highest BCUT2D eigenvalue weighted by atomic mass is 32.2. The smallest absolute Gasteiger partial charge is 0.203 e. The average Bonchev–Trinajstić information content (AvgIpc) is 2.05. The summed E-state index contributed by atoms with van der Waals surface area (Å²) in [7, 11) is -2.79. The second-order valence-electron chi connectivity index (χ2n) is 2.08. The average molecular weight is 188 g/mol. The summed E-state index contributed by atoms with van der Waals surface area (Å²) in [5.74, 6) is 0. The van der Waals surface area contributed by atoms with E-state index in [1.54, 1.807) is 12.1 Å². The molecule has 0 saturated heterocycles. The molecule has 0 bridgehead atoms. The van der Waals surface area contributed by atoms with E-state index < -0.39 is 17.1 Å². The van der Waals surface area contributed by atoms with E-state index >= 15 is 0 Å². The van der Waals surface area contributed by atoms with Gasteiger partial charge in [-0.1, -0.05) is 6.07 Å². The fourth-order valence-electron chi connectivity index (χ4n) is 0.712. The first kappa shape index (κ1) is 9.11. The summed E-state index contributed by atoms with van der Waals surface area (Å²) < 4.78 is 22.2. The van der Waals surface area contributed by atoms with Crippen LogP contribution in [0.2, 0.25) is 0 Å². The van der Waals surface area contributed by atoms with Crippen molar-refractivity contribution in [2.45, 2.75) is 6.23 Å². The number of rotatable bonds is 3. The molecule has 0 aliphatic heterocycles. The maximum Gasteiger partial charge on any atom is 0.203 e. The molecule has 1 atom stereocenters. The van der Waals surface area contributed by atoms with Gasteiger partial charge in [-0.05, 0) is 6.07 Å². The third-order valence-electron chi connectivity index (χ3n) is 1.23. The standard InChI is InChI=1S/C6H8N2O3S/c9-6(8-12(10)11)5-2-1-3-7-4-5/h1-4,6,9,12H,(H,8,10,11). The molecule has 0 fully saturated rings. The molecule has 5 nitrogen and oxygen atoms in total. The van der Waals surface area contributed by atoms with Crippen molar-refractivity contribution in [1.29, 1.82) is 0 Å². The quantitative estimate of drug-likeness (QED) is 0.428. The van der Waals surface area contributed by atoms with Gasteiger partial charge in [-0.15, -0.1) is 0 Å². The van der Waals surface area contributed by atoms with E-state index in [4.69, 9.17) is 5.11 Å². The lowest BCUT2D eigenvalue weighted by Gasteiger charge is -2.06. The van der Waals surface area contributed by atoms with Gasteiger partial charge < -0.3 is 5.11 Å². The van der Waals surface area contributed by atoms with E-state index in [0.717, 1.165) is 0 Å². The summed E-state index contributed by atoms with van der Waals surface area (Å²) in [6.07, 6.45) is 1.71. The van der Waals surface area contributed by atoms with E-state index in [1.807, 2.05) is 4.72 Å². The van der Waals surface area contributed by atoms with Crippen LogP contribution in [-0.2, 0) is 10.9 Å². The Balaban J connectivity index is 2.71. The maximum atomic E-state index is 10.1. The van der Waals surface area contributed by atoms with Gasteiger partial charge in [0.25, 0.3) is 0 Å². The molecule has 0 aliphatic rings. The molecule has 1 aromatic rings. The van der Waals surface area contributed by atoms with E-state index in [0.29, 0.717) is 5.56 Å². The van der Waals surface area contributed by atoms with E-state index in [1.165, 1.54) is 12.4 Å². The minimum absolute atomic E-state index is 0.414. The molecule has 1 rings (SSSR count). The van der Waals surface area contributed by atoms with Gasteiger partial charge in [-0.25, -0.2) is 8.42 Å². The number of aliphatic hydroxyl groups excluding tert-OH is 1. The molecule has 0 spiro atoms. The van der Waals surface area contributed by atoms with Crippen molar-refractivity contribution >= 4 is 10.9 Å². The van der Waals surface area contributed by atoms with Gasteiger partial charge in [0, 0.05) is 18.0 Å². The molecule has 0 radical (unpaired) electrons. The minimum Gasteiger partial charge on any atom is -0.373 e. The van der Waals surface area contributed by atoms with Crippen LogP contribution < -0.4 is 4.72 Å². The monoisotopic (exact) mass is 188 g/mol. The fourth-order valence-corrected chi connectivity index (χ4v) is 1.06. The second kappa shape index (κ2) is 4.15. The van der Waals surface area contributed by atoms with Crippen LogP contribution in [0.3, 0.4) is 0 Å². The lowest BCUT2D eigenvalue weighted by atomic mass is 10.3. The molecule has 12 heavy (non-hydrogen) atoms. The molecule has 1 aromatic heterocycles. The Morgan fingerprint density at radius 2 is 2.33 bits per heavy atom. The van der Waals surface area contributed by atoms with Gasteiger partial charge in [0.2, 0.25) is 10.9 Å². The Labute approximate surface area is 71.2 Å². The summed E-state index contributed by atoms with van der Waals surface area (Å²) in [5, 5.41) is 9.16. The van der Waals surface area contributed by atoms with Crippen LogP contribution in [-0.4, -0.2) is 18.5 Å². The summed E-state index contributed by atoms with van der Waals surface area (Å²) in [4.78, 5) is 3.72. The fraction of sp³-hybridized carbons (Fsp3) is 0.167. The Morgan fingerprint density at radius 1 is 1.58 bits per heavy atom. The van der Waals surface area contributed by atoms with Crippen LogP contribution in [0.5, 0.6) is 0 Å². The molecule has 66 valence electrons. The topological polar surface area (TPSA) is 79.3 Å². The van der Waals surface area contributed by atoms with Gasteiger partial charge in [0.1, 0.15) is 6.23 Å².